The first-order valence-electron chi connectivity index (χ1n) is 9.48. The van der Waals surface area contributed by atoms with E-state index in [1.54, 1.807) is 18.7 Å². The van der Waals surface area contributed by atoms with Crippen LogP contribution in [0.15, 0.2) is 82.9 Å². The SMILES string of the molecule is NC1=N[C@@]2(CO1)c1cc(-c3cccnc3)ccc1Oc1ccc(-c3cnoc3)cc12. The molecule has 30 heavy (non-hydrogen) atoms. The van der Waals surface area contributed by atoms with Crippen LogP contribution in [0.4, 0.5) is 0 Å². The molecule has 0 aliphatic carbocycles. The summed E-state index contributed by atoms with van der Waals surface area (Å²) in [6, 6.07) is 16.1. The van der Waals surface area contributed by atoms with E-state index in [2.05, 4.69) is 16.2 Å². The van der Waals surface area contributed by atoms with Crippen molar-refractivity contribution in [1.29, 1.82) is 0 Å². The normalized spacial score (nSPS) is 18.9. The van der Waals surface area contributed by atoms with E-state index in [0.717, 1.165) is 44.9 Å². The average molecular weight is 396 g/mol. The average Bonchev–Trinajstić information content (AvgIpc) is 3.45. The Morgan fingerprint density at radius 1 is 0.867 bits per heavy atom. The lowest BCUT2D eigenvalue weighted by Crippen LogP contribution is -2.31. The molecule has 2 aliphatic heterocycles. The van der Waals surface area contributed by atoms with Gasteiger partial charge in [0.05, 0.1) is 6.20 Å². The van der Waals surface area contributed by atoms with E-state index in [9.17, 15) is 0 Å². The van der Waals surface area contributed by atoms with Gasteiger partial charge in [-0.15, -0.1) is 0 Å². The summed E-state index contributed by atoms with van der Waals surface area (Å²) >= 11 is 0. The van der Waals surface area contributed by atoms with Gasteiger partial charge in [-0.05, 0) is 41.5 Å². The molecule has 2 N–H and O–H groups in total. The molecule has 4 heterocycles. The second-order valence-corrected chi connectivity index (χ2v) is 7.28. The number of aromatic nitrogens is 2. The summed E-state index contributed by atoms with van der Waals surface area (Å²) in [7, 11) is 0. The van der Waals surface area contributed by atoms with Gasteiger partial charge in [0.15, 0.2) is 5.54 Å². The van der Waals surface area contributed by atoms with Crippen LogP contribution in [0.2, 0.25) is 0 Å². The summed E-state index contributed by atoms with van der Waals surface area (Å²) < 4.78 is 16.9. The molecule has 0 fully saturated rings. The van der Waals surface area contributed by atoms with E-state index in [-0.39, 0.29) is 6.02 Å². The van der Waals surface area contributed by atoms with Crippen molar-refractivity contribution in [2.75, 3.05) is 6.61 Å². The number of rotatable bonds is 2. The maximum absolute atomic E-state index is 6.24. The molecule has 146 valence electrons. The molecule has 0 bridgehead atoms. The number of benzene rings is 2. The minimum atomic E-state index is -0.793. The summed E-state index contributed by atoms with van der Waals surface area (Å²) in [6.07, 6.45) is 6.87. The fourth-order valence-corrected chi connectivity index (χ4v) is 4.09. The van der Waals surface area contributed by atoms with Crippen molar-refractivity contribution >= 4 is 6.02 Å². The van der Waals surface area contributed by atoms with Gasteiger partial charge in [-0.25, -0.2) is 4.99 Å². The van der Waals surface area contributed by atoms with Gasteiger partial charge in [-0.2, -0.15) is 0 Å². The van der Waals surface area contributed by atoms with Crippen LogP contribution < -0.4 is 10.5 Å². The molecule has 2 aliphatic rings. The number of nitrogens with zero attached hydrogens (tertiary/aromatic N) is 3. The van der Waals surface area contributed by atoms with Crippen LogP contribution in [0.1, 0.15) is 11.1 Å². The number of aliphatic imine (C=N–C) groups is 1. The van der Waals surface area contributed by atoms with E-state index in [4.69, 9.17) is 24.7 Å². The molecule has 2 aromatic carbocycles. The largest absolute Gasteiger partial charge is 0.462 e. The summed E-state index contributed by atoms with van der Waals surface area (Å²) in [4.78, 5) is 8.99. The number of nitrogens with two attached hydrogens (primary N) is 1. The molecule has 0 saturated heterocycles. The zero-order chi connectivity index (χ0) is 20.1. The third kappa shape index (κ3) is 2.42. The highest BCUT2D eigenvalue weighted by Gasteiger charge is 2.47. The van der Waals surface area contributed by atoms with Gasteiger partial charge >= 0.3 is 0 Å². The Labute approximate surface area is 171 Å². The van der Waals surface area contributed by atoms with E-state index in [0.29, 0.717) is 6.61 Å². The Morgan fingerprint density at radius 3 is 2.23 bits per heavy atom. The van der Waals surface area contributed by atoms with Crippen LogP contribution in [0.25, 0.3) is 22.3 Å². The highest BCUT2D eigenvalue weighted by molar-refractivity contribution is 5.78. The van der Waals surface area contributed by atoms with Gasteiger partial charge in [0.25, 0.3) is 6.02 Å². The second-order valence-electron chi connectivity index (χ2n) is 7.28. The third-order valence-corrected chi connectivity index (χ3v) is 5.56. The quantitative estimate of drug-likeness (QED) is 0.548. The van der Waals surface area contributed by atoms with Crippen molar-refractivity contribution in [2.45, 2.75) is 5.54 Å². The Bertz CT molecular complexity index is 1290. The minimum Gasteiger partial charge on any atom is -0.462 e. The number of hydrogen-bond donors (Lipinski definition) is 1. The van der Waals surface area contributed by atoms with Crippen molar-refractivity contribution in [3.05, 3.63) is 84.5 Å². The van der Waals surface area contributed by atoms with Crippen LogP contribution in [-0.2, 0) is 10.3 Å². The van der Waals surface area contributed by atoms with Gasteiger partial charge in [0.1, 0.15) is 24.4 Å². The molecule has 4 aromatic rings. The number of amidine groups is 1. The van der Waals surface area contributed by atoms with E-state index >= 15 is 0 Å². The Balaban J connectivity index is 1.57. The monoisotopic (exact) mass is 396 g/mol. The van der Waals surface area contributed by atoms with Crippen molar-refractivity contribution in [2.24, 2.45) is 10.7 Å². The maximum atomic E-state index is 6.24. The van der Waals surface area contributed by atoms with Crippen molar-refractivity contribution < 1.29 is 14.0 Å². The van der Waals surface area contributed by atoms with Crippen molar-refractivity contribution in [1.82, 2.24) is 10.1 Å². The summed E-state index contributed by atoms with van der Waals surface area (Å²) in [5.41, 5.74) is 10.8. The van der Waals surface area contributed by atoms with Gasteiger partial charge in [0, 0.05) is 34.6 Å². The number of ether oxygens (including phenoxy) is 2. The van der Waals surface area contributed by atoms with E-state index < -0.39 is 5.54 Å². The molecule has 1 atom stereocenters. The van der Waals surface area contributed by atoms with Crippen molar-refractivity contribution in [3.8, 4) is 33.8 Å². The van der Waals surface area contributed by atoms with Crippen LogP contribution in [0, 0.1) is 0 Å². The predicted octanol–water partition coefficient (Wildman–Crippen LogP) is 4.10. The van der Waals surface area contributed by atoms with Gasteiger partial charge < -0.3 is 19.7 Å². The zero-order valence-corrected chi connectivity index (χ0v) is 15.8. The number of pyridine rings is 1. The highest BCUT2D eigenvalue weighted by atomic mass is 16.5. The lowest BCUT2D eigenvalue weighted by atomic mass is 9.79. The van der Waals surface area contributed by atoms with Gasteiger partial charge in [-0.1, -0.05) is 23.4 Å². The fraction of sp³-hybridized carbons (Fsp3) is 0.0870. The highest BCUT2D eigenvalue weighted by Crippen LogP contribution is 2.52. The Kier molecular flexibility index (Phi) is 3.46. The Hall–Kier alpha value is -4.13. The molecule has 7 nitrogen and oxygen atoms in total. The van der Waals surface area contributed by atoms with Gasteiger partial charge in [0.2, 0.25) is 0 Å². The van der Waals surface area contributed by atoms with Crippen LogP contribution in [0.3, 0.4) is 0 Å². The summed E-state index contributed by atoms with van der Waals surface area (Å²) in [5.74, 6) is 1.45. The standard InChI is InChI=1S/C23H16N4O3/c24-22-27-23(13-28-22)18-8-14(16-2-1-7-25-10-16)3-5-20(18)30-21-6-4-15(9-19(21)23)17-11-26-29-12-17/h1-12H,13H2,(H2,24,27)/t23-/m0/s1. The first kappa shape index (κ1) is 16.8. The van der Waals surface area contributed by atoms with Crippen LogP contribution >= 0.6 is 0 Å². The second kappa shape index (κ2) is 6.18. The predicted molar refractivity (Wildman–Crippen MR) is 110 cm³/mol. The smallest absolute Gasteiger partial charge is 0.283 e. The van der Waals surface area contributed by atoms with E-state index in [1.165, 1.54) is 0 Å². The first-order valence-corrected chi connectivity index (χ1v) is 9.48. The molecule has 2 aromatic heterocycles. The molecule has 1 spiro atoms. The lowest BCUT2D eigenvalue weighted by molar-refractivity contribution is 0.264. The third-order valence-electron chi connectivity index (χ3n) is 5.56. The summed E-state index contributed by atoms with van der Waals surface area (Å²) in [6.45, 7) is 0.297. The maximum Gasteiger partial charge on any atom is 0.283 e. The lowest BCUT2D eigenvalue weighted by Gasteiger charge is -2.34. The molecule has 0 unspecified atom stereocenters. The van der Waals surface area contributed by atoms with Crippen molar-refractivity contribution in [3.63, 3.8) is 0 Å². The Morgan fingerprint density at radius 2 is 1.63 bits per heavy atom. The molecule has 0 saturated carbocycles. The topological polar surface area (TPSA) is 95.8 Å². The molecular formula is C23H16N4O3. The van der Waals surface area contributed by atoms with Crippen LogP contribution in [-0.4, -0.2) is 22.8 Å². The fourth-order valence-electron chi connectivity index (χ4n) is 4.09. The molecule has 0 amide bonds. The number of hydrogen-bond acceptors (Lipinski definition) is 7. The first-order chi connectivity index (χ1) is 14.7. The minimum absolute atomic E-state index is 0.163. The zero-order valence-electron chi connectivity index (χ0n) is 15.8. The van der Waals surface area contributed by atoms with Crippen LogP contribution in [0.5, 0.6) is 11.5 Å². The van der Waals surface area contributed by atoms with Gasteiger partial charge in [-0.3, -0.25) is 4.98 Å². The summed E-state index contributed by atoms with van der Waals surface area (Å²) in [5, 5.41) is 3.81. The van der Waals surface area contributed by atoms with E-state index in [1.807, 2.05) is 48.7 Å². The number of fused-ring (bicyclic) bond motifs is 4. The molecule has 0 radical (unpaired) electrons. The molecule has 7 heteroatoms. The molecule has 6 rings (SSSR count). The molecular weight excluding hydrogens is 380 g/mol.